The van der Waals surface area contributed by atoms with E-state index in [1.54, 1.807) is 0 Å². The van der Waals surface area contributed by atoms with Gasteiger partial charge < -0.3 is 5.32 Å². The largest absolute Gasteiger partial charge is 0.315 e. The molecule has 1 fully saturated rings. The second-order valence-corrected chi connectivity index (χ2v) is 3.43. The summed E-state index contributed by atoms with van der Waals surface area (Å²) in [7, 11) is 0. The number of rotatable bonds is 5. The summed E-state index contributed by atoms with van der Waals surface area (Å²) in [6.45, 7) is 10.6. The van der Waals surface area contributed by atoms with Gasteiger partial charge in [-0.2, -0.15) is 0 Å². The van der Waals surface area contributed by atoms with E-state index in [-0.39, 0.29) is 0 Å². The molecule has 1 N–H and O–H groups in total. The molecule has 1 saturated heterocycles. The van der Waals surface area contributed by atoms with Gasteiger partial charge in [0, 0.05) is 19.1 Å². The maximum absolute atomic E-state index is 3.79. The van der Waals surface area contributed by atoms with Crippen molar-refractivity contribution in [3.8, 4) is 0 Å². The molecule has 70 valence electrons. The van der Waals surface area contributed by atoms with E-state index in [2.05, 4.69) is 23.7 Å². The second-order valence-electron chi connectivity index (χ2n) is 3.43. The van der Waals surface area contributed by atoms with Gasteiger partial charge in [0.05, 0.1) is 0 Å². The summed E-state index contributed by atoms with van der Waals surface area (Å²) in [5.74, 6) is 0. The summed E-state index contributed by atoms with van der Waals surface area (Å²) in [6.07, 6.45) is 4.55. The first-order valence-electron chi connectivity index (χ1n) is 4.94. The van der Waals surface area contributed by atoms with Crippen LogP contribution in [0.1, 0.15) is 19.8 Å². The molecule has 1 heterocycles. The number of nitrogens with zero attached hydrogens (tertiary/aromatic N) is 1. The lowest BCUT2D eigenvalue weighted by molar-refractivity contribution is 0.231. The van der Waals surface area contributed by atoms with Crippen molar-refractivity contribution < 1.29 is 0 Å². The third-order valence-corrected chi connectivity index (χ3v) is 2.43. The monoisotopic (exact) mass is 168 g/mol. The van der Waals surface area contributed by atoms with Gasteiger partial charge in [-0.1, -0.05) is 13.0 Å². The highest BCUT2D eigenvalue weighted by molar-refractivity contribution is 4.84. The molecule has 1 aliphatic heterocycles. The number of nitrogens with one attached hydrogen (secondary N) is 1. The SMILES string of the molecule is C=CCN(CCC)C1CCNC1. The molecule has 0 aromatic rings. The van der Waals surface area contributed by atoms with Crippen LogP contribution in [0.3, 0.4) is 0 Å². The van der Waals surface area contributed by atoms with E-state index in [9.17, 15) is 0 Å². The van der Waals surface area contributed by atoms with Crippen molar-refractivity contribution in [2.45, 2.75) is 25.8 Å². The predicted molar refractivity (Wildman–Crippen MR) is 53.3 cm³/mol. The Hall–Kier alpha value is -0.340. The maximum Gasteiger partial charge on any atom is 0.0236 e. The van der Waals surface area contributed by atoms with Gasteiger partial charge in [0.15, 0.2) is 0 Å². The Kier molecular flexibility index (Phi) is 4.33. The summed E-state index contributed by atoms with van der Waals surface area (Å²) in [4.78, 5) is 2.52. The van der Waals surface area contributed by atoms with Crippen molar-refractivity contribution in [3.63, 3.8) is 0 Å². The minimum absolute atomic E-state index is 0.753. The van der Waals surface area contributed by atoms with Crippen LogP contribution in [0.2, 0.25) is 0 Å². The first-order valence-corrected chi connectivity index (χ1v) is 4.94. The van der Waals surface area contributed by atoms with E-state index in [1.165, 1.54) is 25.9 Å². The first kappa shape index (κ1) is 9.75. The van der Waals surface area contributed by atoms with Gasteiger partial charge in [-0.15, -0.1) is 6.58 Å². The van der Waals surface area contributed by atoms with Gasteiger partial charge in [0.2, 0.25) is 0 Å². The summed E-state index contributed by atoms with van der Waals surface area (Å²) >= 11 is 0. The van der Waals surface area contributed by atoms with Crippen molar-refractivity contribution in [1.29, 1.82) is 0 Å². The molecule has 0 amide bonds. The molecule has 0 aromatic heterocycles. The molecule has 2 nitrogen and oxygen atoms in total. The topological polar surface area (TPSA) is 15.3 Å². The Morgan fingerprint density at radius 1 is 1.67 bits per heavy atom. The highest BCUT2D eigenvalue weighted by atomic mass is 15.2. The zero-order valence-corrected chi connectivity index (χ0v) is 8.05. The van der Waals surface area contributed by atoms with Crippen LogP contribution in [0, 0.1) is 0 Å². The minimum Gasteiger partial charge on any atom is -0.315 e. The molecule has 0 bridgehead atoms. The van der Waals surface area contributed by atoms with Crippen LogP contribution < -0.4 is 5.32 Å². The smallest absolute Gasteiger partial charge is 0.0236 e. The van der Waals surface area contributed by atoms with Gasteiger partial charge in [0.25, 0.3) is 0 Å². The van der Waals surface area contributed by atoms with Gasteiger partial charge in [-0.05, 0) is 25.9 Å². The Bertz CT molecular complexity index is 128. The average Bonchev–Trinajstić information content (AvgIpc) is 2.56. The lowest BCUT2D eigenvalue weighted by Gasteiger charge is -2.26. The lowest BCUT2D eigenvalue weighted by atomic mass is 10.2. The van der Waals surface area contributed by atoms with Gasteiger partial charge in [-0.3, -0.25) is 4.90 Å². The van der Waals surface area contributed by atoms with Crippen molar-refractivity contribution in [1.82, 2.24) is 10.2 Å². The first-order chi connectivity index (χ1) is 5.88. The molecule has 1 unspecified atom stereocenters. The quantitative estimate of drug-likeness (QED) is 0.621. The normalized spacial score (nSPS) is 23.3. The fraction of sp³-hybridized carbons (Fsp3) is 0.800. The molecular formula is C10H20N2. The van der Waals surface area contributed by atoms with Gasteiger partial charge >= 0.3 is 0 Å². The fourth-order valence-corrected chi connectivity index (χ4v) is 1.83. The zero-order valence-electron chi connectivity index (χ0n) is 8.05. The van der Waals surface area contributed by atoms with E-state index < -0.39 is 0 Å². The Balaban J connectivity index is 2.33. The lowest BCUT2D eigenvalue weighted by Crippen LogP contribution is -2.37. The average molecular weight is 168 g/mol. The number of hydrogen-bond acceptors (Lipinski definition) is 2. The second kappa shape index (κ2) is 5.33. The van der Waals surface area contributed by atoms with Crippen LogP contribution in [0.15, 0.2) is 12.7 Å². The Labute approximate surface area is 75.6 Å². The van der Waals surface area contributed by atoms with E-state index in [0.717, 1.165) is 19.1 Å². The van der Waals surface area contributed by atoms with Crippen LogP contribution in [0.25, 0.3) is 0 Å². The summed E-state index contributed by atoms with van der Waals surface area (Å²) in [5.41, 5.74) is 0. The van der Waals surface area contributed by atoms with E-state index in [4.69, 9.17) is 0 Å². The molecule has 1 rings (SSSR count). The molecule has 0 radical (unpaired) electrons. The minimum atomic E-state index is 0.753. The Morgan fingerprint density at radius 2 is 2.50 bits per heavy atom. The third kappa shape index (κ3) is 2.61. The van der Waals surface area contributed by atoms with E-state index in [0.29, 0.717) is 0 Å². The van der Waals surface area contributed by atoms with Crippen LogP contribution in [-0.2, 0) is 0 Å². The van der Waals surface area contributed by atoms with Crippen molar-refractivity contribution in [2.75, 3.05) is 26.2 Å². The molecular weight excluding hydrogens is 148 g/mol. The summed E-state index contributed by atoms with van der Waals surface area (Å²) < 4.78 is 0. The highest BCUT2D eigenvalue weighted by Gasteiger charge is 2.19. The van der Waals surface area contributed by atoms with E-state index in [1.807, 2.05) is 6.08 Å². The predicted octanol–water partition coefficient (Wildman–Crippen LogP) is 1.25. The standard InChI is InChI=1S/C10H20N2/c1-3-7-12(8-4-2)10-5-6-11-9-10/h3,10-11H,1,4-9H2,2H3. The van der Waals surface area contributed by atoms with Crippen LogP contribution >= 0.6 is 0 Å². The molecule has 12 heavy (non-hydrogen) atoms. The fourth-order valence-electron chi connectivity index (χ4n) is 1.83. The summed E-state index contributed by atoms with van der Waals surface area (Å²) in [5, 5.41) is 3.39. The molecule has 0 aromatic carbocycles. The van der Waals surface area contributed by atoms with Crippen LogP contribution in [-0.4, -0.2) is 37.1 Å². The number of hydrogen-bond donors (Lipinski definition) is 1. The van der Waals surface area contributed by atoms with Crippen LogP contribution in [0.4, 0.5) is 0 Å². The van der Waals surface area contributed by atoms with Gasteiger partial charge in [-0.25, -0.2) is 0 Å². The zero-order chi connectivity index (χ0) is 8.81. The third-order valence-electron chi connectivity index (χ3n) is 2.43. The van der Waals surface area contributed by atoms with Crippen molar-refractivity contribution >= 4 is 0 Å². The maximum atomic E-state index is 3.79. The molecule has 1 aliphatic rings. The highest BCUT2D eigenvalue weighted by Crippen LogP contribution is 2.08. The molecule has 0 aliphatic carbocycles. The Morgan fingerprint density at radius 3 is 3.00 bits per heavy atom. The van der Waals surface area contributed by atoms with Gasteiger partial charge in [0.1, 0.15) is 0 Å². The van der Waals surface area contributed by atoms with Crippen molar-refractivity contribution in [2.24, 2.45) is 0 Å². The molecule has 1 atom stereocenters. The molecule has 0 spiro atoms. The summed E-state index contributed by atoms with van der Waals surface area (Å²) in [6, 6.07) is 0.753. The van der Waals surface area contributed by atoms with Crippen molar-refractivity contribution in [3.05, 3.63) is 12.7 Å². The van der Waals surface area contributed by atoms with E-state index >= 15 is 0 Å². The van der Waals surface area contributed by atoms with Crippen LogP contribution in [0.5, 0.6) is 0 Å². The molecule has 2 heteroatoms. The molecule has 0 saturated carbocycles.